The van der Waals surface area contributed by atoms with Crippen LogP contribution < -0.4 is 33.2 Å². The summed E-state index contributed by atoms with van der Waals surface area (Å²) in [5, 5.41) is 26.3. The molecule has 1 aromatic rings. The van der Waals surface area contributed by atoms with Gasteiger partial charge >= 0.3 is 5.97 Å². The SMILES string of the molecule is CC(C)CC(NC(=O)C(N)CC(N)=O)C(=O)NC(Cc1ccc(O)cc1)C(=O)NC(CCC(N)=O)C(=O)O. The standard InChI is InChI=1S/C24H36N6O8/c1-12(2)9-17(29-21(34)15(25)11-20(27)33)22(35)30-18(10-13-3-5-14(31)6-4-13)23(36)28-16(24(37)38)7-8-19(26)32/h3-6,12,15-18,31H,7-11,25H2,1-2H3,(H2,26,32)(H2,27,33)(H,28,36)(H,29,34)(H,30,35)(H,37,38). The van der Waals surface area contributed by atoms with Crippen molar-refractivity contribution < 1.29 is 39.0 Å². The zero-order valence-electron chi connectivity index (χ0n) is 21.3. The largest absolute Gasteiger partial charge is 0.508 e. The highest BCUT2D eigenvalue weighted by molar-refractivity contribution is 5.95. The second-order valence-corrected chi connectivity index (χ2v) is 9.30. The zero-order valence-corrected chi connectivity index (χ0v) is 21.3. The Morgan fingerprint density at radius 2 is 1.34 bits per heavy atom. The van der Waals surface area contributed by atoms with E-state index in [-0.39, 0.29) is 37.4 Å². The van der Waals surface area contributed by atoms with Crippen molar-refractivity contribution in [3.63, 3.8) is 0 Å². The number of phenols is 1. The van der Waals surface area contributed by atoms with E-state index < -0.39 is 66.1 Å². The molecule has 5 amide bonds. The van der Waals surface area contributed by atoms with Gasteiger partial charge in [-0.15, -0.1) is 0 Å². The van der Waals surface area contributed by atoms with Crippen LogP contribution in [0.3, 0.4) is 0 Å². The Balaban J connectivity index is 3.17. The van der Waals surface area contributed by atoms with Crippen LogP contribution in [0.1, 0.15) is 45.1 Å². The first-order chi connectivity index (χ1) is 17.7. The minimum absolute atomic E-state index is 0.0248. The number of benzene rings is 1. The second kappa shape index (κ2) is 15.1. The molecule has 1 rings (SSSR count). The van der Waals surface area contributed by atoms with E-state index >= 15 is 0 Å². The molecule has 0 fully saturated rings. The van der Waals surface area contributed by atoms with Crippen LogP contribution in [-0.2, 0) is 35.2 Å². The summed E-state index contributed by atoms with van der Waals surface area (Å²) in [6, 6.07) is 0.608. The Morgan fingerprint density at radius 3 is 1.84 bits per heavy atom. The van der Waals surface area contributed by atoms with Gasteiger partial charge in [0.15, 0.2) is 0 Å². The molecule has 0 radical (unpaired) electrons. The maximum atomic E-state index is 13.2. The first-order valence-corrected chi connectivity index (χ1v) is 11.9. The summed E-state index contributed by atoms with van der Waals surface area (Å²) >= 11 is 0. The molecule has 0 bridgehead atoms. The molecule has 0 aliphatic heterocycles. The molecule has 4 atom stereocenters. The lowest BCUT2D eigenvalue weighted by Gasteiger charge is -2.26. The van der Waals surface area contributed by atoms with E-state index in [9.17, 15) is 39.0 Å². The van der Waals surface area contributed by atoms with Crippen molar-refractivity contribution in [3.05, 3.63) is 29.8 Å². The smallest absolute Gasteiger partial charge is 0.326 e. The van der Waals surface area contributed by atoms with Crippen molar-refractivity contribution in [2.75, 3.05) is 0 Å². The van der Waals surface area contributed by atoms with Gasteiger partial charge in [0.2, 0.25) is 29.5 Å². The van der Waals surface area contributed by atoms with Crippen LogP contribution in [0.15, 0.2) is 24.3 Å². The molecule has 0 aliphatic rings. The number of amides is 5. The predicted molar refractivity (Wildman–Crippen MR) is 135 cm³/mol. The van der Waals surface area contributed by atoms with Crippen molar-refractivity contribution in [2.24, 2.45) is 23.1 Å². The third-order valence-corrected chi connectivity index (χ3v) is 5.40. The molecule has 1 aromatic carbocycles. The second-order valence-electron chi connectivity index (χ2n) is 9.30. The van der Waals surface area contributed by atoms with E-state index in [2.05, 4.69) is 16.0 Å². The summed E-state index contributed by atoms with van der Waals surface area (Å²) in [4.78, 5) is 72.5. The van der Waals surface area contributed by atoms with E-state index in [4.69, 9.17) is 17.2 Å². The van der Waals surface area contributed by atoms with Crippen LogP contribution in [0.2, 0.25) is 0 Å². The lowest BCUT2D eigenvalue weighted by Crippen LogP contribution is -2.58. The molecule has 38 heavy (non-hydrogen) atoms. The van der Waals surface area contributed by atoms with E-state index in [0.29, 0.717) is 5.56 Å². The minimum atomic E-state index is -1.45. The van der Waals surface area contributed by atoms with Crippen LogP contribution in [-0.4, -0.2) is 69.9 Å². The highest BCUT2D eigenvalue weighted by atomic mass is 16.4. The summed E-state index contributed by atoms with van der Waals surface area (Å²) in [5.74, 6) is -5.45. The van der Waals surface area contributed by atoms with Crippen molar-refractivity contribution in [1.29, 1.82) is 0 Å². The van der Waals surface area contributed by atoms with Gasteiger partial charge in [-0.1, -0.05) is 26.0 Å². The van der Waals surface area contributed by atoms with Gasteiger partial charge in [-0.2, -0.15) is 0 Å². The first-order valence-electron chi connectivity index (χ1n) is 11.9. The van der Waals surface area contributed by atoms with E-state index in [1.807, 2.05) is 0 Å². The number of hydrogen-bond donors (Lipinski definition) is 8. The van der Waals surface area contributed by atoms with Gasteiger partial charge in [0.25, 0.3) is 0 Å². The fourth-order valence-corrected chi connectivity index (χ4v) is 3.46. The van der Waals surface area contributed by atoms with Gasteiger partial charge in [0, 0.05) is 12.8 Å². The number of rotatable bonds is 16. The number of carbonyl (C=O) groups excluding carboxylic acids is 5. The number of carbonyl (C=O) groups is 6. The van der Waals surface area contributed by atoms with Gasteiger partial charge in [0.05, 0.1) is 12.5 Å². The fraction of sp³-hybridized carbons (Fsp3) is 0.500. The molecule has 14 nitrogen and oxygen atoms in total. The van der Waals surface area contributed by atoms with Gasteiger partial charge in [-0.05, 0) is 36.5 Å². The molecule has 4 unspecified atom stereocenters. The molecule has 0 saturated carbocycles. The number of phenolic OH excluding ortho intramolecular Hbond substituents is 1. The average molecular weight is 537 g/mol. The number of carboxylic acid groups (broad SMARTS) is 1. The molecule has 11 N–H and O–H groups in total. The van der Waals surface area contributed by atoms with Crippen LogP contribution in [0.4, 0.5) is 0 Å². The normalized spacial score (nSPS) is 14.0. The lowest BCUT2D eigenvalue weighted by molar-refractivity contribution is -0.142. The summed E-state index contributed by atoms with van der Waals surface area (Å²) in [6.45, 7) is 3.60. The number of aromatic hydroxyl groups is 1. The molecular weight excluding hydrogens is 500 g/mol. The number of nitrogens with two attached hydrogens (primary N) is 3. The third kappa shape index (κ3) is 11.7. The molecule has 0 saturated heterocycles. The molecular formula is C24H36N6O8. The third-order valence-electron chi connectivity index (χ3n) is 5.40. The Bertz CT molecular complexity index is 1010. The quantitative estimate of drug-likeness (QED) is 0.116. The van der Waals surface area contributed by atoms with Crippen LogP contribution in [0.5, 0.6) is 5.75 Å². The highest BCUT2D eigenvalue weighted by Gasteiger charge is 2.31. The van der Waals surface area contributed by atoms with Gasteiger partial charge in [0.1, 0.15) is 23.9 Å². The Labute approximate surface area is 219 Å². The van der Waals surface area contributed by atoms with Crippen LogP contribution in [0.25, 0.3) is 0 Å². The van der Waals surface area contributed by atoms with Gasteiger partial charge < -0.3 is 43.4 Å². The molecule has 0 aliphatic carbocycles. The van der Waals surface area contributed by atoms with Gasteiger partial charge in [-0.25, -0.2) is 4.79 Å². The minimum Gasteiger partial charge on any atom is -0.508 e. The zero-order chi connectivity index (χ0) is 29.0. The number of hydrogen-bond acceptors (Lipinski definition) is 8. The van der Waals surface area contributed by atoms with Gasteiger partial charge in [-0.3, -0.25) is 24.0 Å². The predicted octanol–water partition coefficient (Wildman–Crippen LogP) is -2.01. The Morgan fingerprint density at radius 1 is 0.816 bits per heavy atom. The van der Waals surface area contributed by atoms with Crippen molar-refractivity contribution >= 4 is 35.5 Å². The van der Waals surface area contributed by atoms with E-state index in [1.54, 1.807) is 13.8 Å². The molecule has 14 heteroatoms. The average Bonchev–Trinajstić information content (AvgIpc) is 2.80. The van der Waals surface area contributed by atoms with Crippen molar-refractivity contribution in [2.45, 2.75) is 70.1 Å². The maximum absolute atomic E-state index is 13.2. The van der Waals surface area contributed by atoms with Crippen molar-refractivity contribution in [1.82, 2.24) is 16.0 Å². The molecule has 0 heterocycles. The van der Waals surface area contributed by atoms with Crippen LogP contribution >= 0.6 is 0 Å². The summed E-state index contributed by atoms with van der Waals surface area (Å²) < 4.78 is 0. The monoisotopic (exact) mass is 536 g/mol. The topological polar surface area (TPSA) is 257 Å². The fourth-order valence-electron chi connectivity index (χ4n) is 3.46. The molecule has 0 spiro atoms. The number of carboxylic acids is 1. The number of primary amides is 2. The summed E-state index contributed by atoms with van der Waals surface area (Å²) in [6.07, 6.45) is -0.926. The van der Waals surface area contributed by atoms with Crippen molar-refractivity contribution in [3.8, 4) is 5.75 Å². The molecule has 210 valence electrons. The number of nitrogens with one attached hydrogen (secondary N) is 3. The van der Waals surface area contributed by atoms with Crippen LogP contribution in [0, 0.1) is 5.92 Å². The first kappa shape index (κ1) is 31.8. The molecule has 0 aromatic heterocycles. The van der Waals surface area contributed by atoms with E-state index in [0.717, 1.165) is 0 Å². The Kier molecular flexibility index (Phi) is 12.7. The Hall–Kier alpha value is -4.20. The summed E-state index contributed by atoms with van der Waals surface area (Å²) in [7, 11) is 0. The maximum Gasteiger partial charge on any atom is 0.326 e. The van der Waals surface area contributed by atoms with E-state index in [1.165, 1.54) is 24.3 Å². The number of aliphatic carboxylic acids is 1. The lowest BCUT2D eigenvalue weighted by atomic mass is 10.00. The highest BCUT2D eigenvalue weighted by Crippen LogP contribution is 2.13. The summed E-state index contributed by atoms with van der Waals surface area (Å²) in [5.41, 5.74) is 16.4.